The molecule has 1 aromatic heterocycles. The van der Waals surface area contributed by atoms with Gasteiger partial charge in [0.05, 0.1) is 11.6 Å². The zero-order valence-electron chi connectivity index (χ0n) is 11.3. The smallest absolute Gasteiger partial charge is 0.0840 e. The lowest BCUT2D eigenvalue weighted by Gasteiger charge is -2.30. The second kappa shape index (κ2) is 5.68. The Labute approximate surface area is 114 Å². The molecule has 0 bridgehead atoms. The van der Waals surface area contributed by atoms with Crippen molar-refractivity contribution in [2.45, 2.75) is 31.9 Å². The summed E-state index contributed by atoms with van der Waals surface area (Å²) in [7, 11) is 0. The van der Waals surface area contributed by atoms with Crippen LogP contribution in [0.3, 0.4) is 0 Å². The molecule has 0 aliphatic carbocycles. The lowest BCUT2D eigenvalue weighted by atomic mass is 9.96. The molecule has 3 nitrogen and oxygen atoms in total. The van der Waals surface area contributed by atoms with Gasteiger partial charge in [-0.05, 0) is 43.1 Å². The third kappa shape index (κ3) is 2.77. The molecule has 1 saturated heterocycles. The van der Waals surface area contributed by atoms with Crippen LogP contribution in [0.15, 0.2) is 36.5 Å². The summed E-state index contributed by atoms with van der Waals surface area (Å²) in [5.74, 6) is 0. The number of aromatic nitrogens is 1. The average Bonchev–Trinajstić information content (AvgIpc) is 2.47. The number of hydrogen-bond donors (Lipinski definition) is 1. The maximum absolute atomic E-state index is 5.93. The van der Waals surface area contributed by atoms with E-state index in [4.69, 9.17) is 4.74 Å². The molecule has 0 spiro atoms. The maximum atomic E-state index is 5.93. The van der Waals surface area contributed by atoms with E-state index in [0.717, 1.165) is 31.5 Å². The minimum Gasteiger partial charge on any atom is -0.373 e. The van der Waals surface area contributed by atoms with Gasteiger partial charge in [0.1, 0.15) is 0 Å². The molecule has 1 aromatic carbocycles. The van der Waals surface area contributed by atoms with Crippen molar-refractivity contribution in [3.63, 3.8) is 0 Å². The molecular formula is C16H20N2O. The van der Waals surface area contributed by atoms with Crippen molar-refractivity contribution in [1.29, 1.82) is 0 Å². The molecular weight excluding hydrogens is 236 g/mol. The quantitative estimate of drug-likeness (QED) is 0.916. The SMILES string of the molecule is CCNC1CCOC(c2ccc3ncccc3c2)C1. The molecule has 19 heavy (non-hydrogen) atoms. The molecule has 1 aliphatic rings. The first-order chi connectivity index (χ1) is 9.36. The molecule has 0 amide bonds. The Morgan fingerprint density at radius 2 is 2.32 bits per heavy atom. The van der Waals surface area contributed by atoms with Crippen LogP contribution in [-0.4, -0.2) is 24.2 Å². The Bertz CT molecular complexity index is 553. The van der Waals surface area contributed by atoms with E-state index in [9.17, 15) is 0 Å². The number of fused-ring (bicyclic) bond motifs is 1. The zero-order chi connectivity index (χ0) is 13.1. The molecule has 1 N–H and O–H groups in total. The van der Waals surface area contributed by atoms with Gasteiger partial charge in [-0.1, -0.05) is 19.1 Å². The first-order valence-electron chi connectivity index (χ1n) is 7.06. The number of ether oxygens (including phenoxy) is 1. The number of rotatable bonds is 3. The van der Waals surface area contributed by atoms with Crippen molar-refractivity contribution in [3.05, 3.63) is 42.1 Å². The monoisotopic (exact) mass is 256 g/mol. The fraction of sp³-hybridized carbons (Fsp3) is 0.438. The van der Waals surface area contributed by atoms with E-state index in [-0.39, 0.29) is 6.10 Å². The van der Waals surface area contributed by atoms with Gasteiger partial charge in [0.25, 0.3) is 0 Å². The number of hydrogen-bond acceptors (Lipinski definition) is 3. The van der Waals surface area contributed by atoms with Crippen LogP contribution in [0.25, 0.3) is 10.9 Å². The van der Waals surface area contributed by atoms with Crippen LogP contribution in [0.2, 0.25) is 0 Å². The van der Waals surface area contributed by atoms with Crippen molar-refractivity contribution in [2.24, 2.45) is 0 Å². The summed E-state index contributed by atoms with van der Waals surface area (Å²) in [5.41, 5.74) is 2.31. The van der Waals surface area contributed by atoms with Crippen LogP contribution in [0.5, 0.6) is 0 Å². The molecule has 3 heteroatoms. The highest BCUT2D eigenvalue weighted by Gasteiger charge is 2.23. The highest BCUT2D eigenvalue weighted by molar-refractivity contribution is 5.79. The standard InChI is InChI=1S/C16H20N2O/c1-2-17-14-7-9-19-16(11-14)13-5-6-15-12(10-13)4-3-8-18-15/h3-6,8,10,14,16-17H,2,7,9,11H2,1H3. The van der Waals surface area contributed by atoms with Crippen LogP contribution in [0.4, 0.5) is 0 Å². The van der Waals surface area contributed by atoms with Crippen molar-refractivity contribution in [1.82, 2.24) is 10.3 Å². The molecule has 0 radical (unpaired) electrons. The molecule has 1 aliphatic heterocycles. The average molecular weight is 256 g/mol. The van der Waals surface area contributed by atoms with E-state index < -0.39 is 0 Å². The van der Waals surface area contributed by atoms with E-state index in [1.54, 1.807) is 0 Å². The van der Waals surface area contributed by atoms with Crippen LogP contribution < -0.4 is 5.32 Å². The Morgan fingerprint density at radius 3 is 3.21 bits per heavy atom. The Morgan fingerprint density at radius 1 is 1.37 bits per heavy atom. The molecule has 2 atom stereocenters. The summed E-state index contributed by atoms with van der Waals surface area (Å²) < 4.78 is 5.93. The zero-order valence-corrected chi connectivity index (χ0v) is 11.3. The second-order valence-electron chi connectivity index (χ2n) is 5.09. The van der Waals surface area contributed by atoms with Crippen molar-refractivity contribution in [3.8, 4) is 0 Å². The van der Waals surface area contributed by atoms with Gasteiger partial charge in [-0.2, -0.15) is 0 Å². The molecule has 0 saturated carbocycles. The van der Waals surface area contributed by atoms with Gasteiger partial charge in [-0.25, -0.2) is 0 Å². The summed E-state index contributed by atoms with van der Waals surface area (Å²) in [6.45, 7) is 4.03. The van der Waals surface area contributed by atoms with Crippen molar-refractivity contribution >= 4 is 10.9 Å². The fourth-order valence-corrected chi connectivity index (χ4v) is 2.80. The predicted octanol–water partition coefficient (Wildman–Crippen LogP) is 3.06. The topological polar surface area (TPSA) is 34.1 Å². The third-order valence-electron chi connectivity index (χ3n) is 3.78. The molecule has 3 rings (SSSR count). The first-order valence-corrected chi connectivity index (χ1v) is 7.06. The summed E-state index contributed by atoms with van der Waals surface area (Å²) in [4.78, 5) is 4.36. The predicted molar refractivity (Wildman–Crippen MR) is 77.1 cm³/mol. The number of pyridine rings is 1. The van der Waals surface area contributed by atoms with Gasteiger partial charge in [-0.15, -0.1) is 0 Å². The van der Waals surface area contributed by atoms with E-state index in [1.165, 1.54) is 10.9 Å². The number of nitrogens with one attached hydrogen (secondary N) is 1. The Balaban J connectivity index is 1.83. The minimum absolute atomic E-state index is 0.211. The van der Waals surface area contributed by atoms with Gasteiger partial charge in [-0.3, -0.25) is 4.98 Å². The van der Waals surface area contributed by atoms with E-state index >= 15 is 0 Å². The van der Waals surface area contributed by atoms with Crippen LogP contribution in [0, 0.1) is 0 Å². The summed E-state index contributed by atoms with van der Waals surface area (Å²) in [5, 5.41) is 4.72. The highest BCUT2D eigenvalue weighted by atomic mass is 16.5. The van der Waals surface area contributed by atoms with Crippen molar-refractivity contribution < 1.29 is 4.74 Å². The fourth-order valence-electron chi connectivity index (χ4n) is 2.80. The number of nitrogens with zero attached hydrogens (tertiary/aromatic N) is 1. The molecule has 1 fully saturated rings. The number of benzene rings is 1. The second-order valence-corrected chi connectivity index (χ2v) is 5.09. The molecule has 100 valence electrons. The molecule has 2 unspecified atom stereocenters. The lowest BCUT2D eigenvalue weighted by molar-refractivity contribution is 0.000667. The highest BCUT2D eigenvalue weighted by Crippen LogP contribution is 2.29. The summed E-state index contributed by atoms with van der Waals surface area (Å²) in [6, 6.07) is 11.1. The lowest BCUT2D eigenvalue weighted by Crippen LogP contribution is -2.35. The van der Waals surface area contributed by atoms with Gasteiger partial charge in [0.15, 0.2) is 0 Å². The van der Waals surface area contributed by atoms with Crippen LogP contribution >= 0.6 is 0 Å². The molecule has 2 aromatic rings. The maximum Gasteiger partial charge on any atom is 0.0840 e. The van der Waals surface area contributed by atoms with E-state index in [1.807, 2.05) is 12.3 Å². The third-order valence-corrected chi connectivity index (χ3v) is 3.78. The summed E-state index contributed by atoms with van der Waals surface area (Å²) in [6.07, 6.45) is 4.21. The van der Waals surface area contributed by atoms with Gasteiger partial charge in [0.2, 0.25) is 0 Å². The van der Waals surface area contributed by atoms with Crippen LogP contribution in [0.1, 0.15) is 31.4 Å². The Hall–Kier alpha value is -1.45. The largest absolute Gasteiger partial charge is 0.373 e. The van der Waals surface area contributed by atoms with Gasteiger partial charge in [0, 0.05) is 24.2 Å². The minimum atomic E-state index is 0.211. The Kier molecular flexibility index (Phi) is 3.76. The van der Waals surface area contributed by atoms with E-state index in [0.29, 0.717) is 6.04 Å². The van der Waals surface area contributed by atoms with Gasteiger partial charge >= 0.3 is 0 Å². The first kappa shape index (κ1) is 12.6. The van der Waals surface area contributed by atoms with Crippen molar-refractivity contribution in [2.75, 3.05) is 13.2 Å². The normalized spacial score (nSPS) is 23.6. The van der Waals surface area contributed by atoms with Crippen LogP contribution in [-0.2, 0) is 4.74 Å². The molecule has 2 heterocycles. The summed E-state index contributed by atoms with van der Waals surface area (Å²) >= 11 is 0. The van der Waals surface area contributed by atoms with Gasteiger partial charge < -0.3 is 10.1 Å². The van der Waals surface area contributed by atoms with E-state index in [2.05, 4.69) is 41.5 Å².